The van der Waals surface area contributed by atoms with Crippen LogP contribution in [0.2, 0.25) is 0 Å². The van der Waals surface area contributed by atoms with Gasteiger partial charge in [-0.2, -0.15) is 0 Å². The van der Waals surface area contributed by atoms with Crippen LogP contribution >= 0.6 is 0 Å². The van der Waals surface area contributed by atoms with Crippen LogP contribution in [0.15, 0.2) is 0 Å². The zero-order valence-electron chi connectivity index (χ0n) is 9.70. The van der Waals surface area contributed by atoms with Gasteiger partial charge in [0.25, 0.3) is 0 Å². The van der Waals surface area contributed by atoms with Gasteiger partial charge in [-0.15, -0.1) is 0 Å². The Hall–Kier alpha value is -0.610. The maximum Gasteiger partial charge on any atom is 0.224 e. The molecule has 0 aromatic rings. The summed E-state index contributed by atoms with van der Waals surface area (Å²) in [5.74, 6) is 0.0775. The van der Waals surface area contributed by atoms with E-state index in [2.05, 4.69) is 6.92 Å². The predicted molar refractivity (Wildman–Crippen MR) is 59.3 cm³/mol. The number of nitrogens with two attached hydrogens (primary N) is 1. The number of aliphatic hydroxyl groups is 1. The second kappa shape index (κ2) is 4.94. The summed E-state index contributed by atoms with van der Waals surface area (Å²) < 4.78 is 0. The zero-order chi connectivity index (χ0) is 11.5. The Balaban J connectivity index is 2.35. The van der Waals surface area contributed by atoms with E-state index in [9.17, 15) is 9.90 Å². The number of β-amino-alcohol motifs (C(OH)–C–C–N with tert-alkyl or cyclic N) is 1. The van der Waals surface area contributed by atoms with Gasteiger partial charge in [0.1, 0.15) is 0 Å². The van der Waals surface area contributed by atoms with Gasteiger partial charge in [-0.25, -0.2) is 0 Å². The van der Waals surface area contributed by atoms with Gasteiger partial charge in [0.05, 0.1) is 5.60 Å². The van der Waals surface area contributed by atoms with E-state index in [1.54, 1.807) is 11.8 Å². The molecule has 0 aromatic heterocycles. The van der Waals surface area contributed by atoms with Crippen LogP contribution in [0.5, 0.6) is 0 Å². The van der Waals surface area contributed by atoms with Crippen LogP contribution in [0.1, 0.15) is 39.5 Å². The molecular weight excluding hydrogens is 192 g/mol. The fourth-order valence-electron chi connectivity index (χ4n) is 1.98. The molecule has 0 aliphatic carbocycles. The Bertz CT molecular complexity index is 229. The van der Waals surface area contributed by atoms with Crippen LogP contribution in [0.25, 0.3) is 0 Å². The van der Waals surface area contributed by atoms with Gasteiger partial charge >= 0.3 is 0 Å². The lowest BCUT2D eigenvalue weighted by molar-refractivity contribution is -0.131. The van der Waals surface area contributed by atoms with Crippen molar-refractivity contribution in [2.24, 2.45) is 5.73 Å². The fraction of sp³-hybridized carbons (Fsp3) is 0.909. The number of carbonyl (C=O) groups is 1. The quantitative estimate of drug-likeness (QED) is 0.715. The third kappa shape index (κ3) is 3.80. The van der Waals surface area contributed by atoms with Crippen molar-refractivity contribution in [2.75, 3.05) is 13.1 Å². The number of amides is 1. The van der Waals surface area contributed by atoms with Crippen molar-refractivity contribution in [3.63, 3.8) is 0 Å². The third-order valence-electron chi connectivity index (χ3n) is 2.90. The molecule has 0 aromatic carbocycles. The van der Waals surface area contributed by atoms with Crippen LogP contribution in [-0.4, -0.2) is 40.6 Å². The summed E-state index contributed by atoms with van der Waals surface area (Å²) in [7, 11) is 0. The minimum absolute atomic E-state index is 0.0342. The zero-order valence-corrected chi connectivity index (χ0v) is 9.70. The van der Waals surface area contributed by atoms with Gasteiger partial charge in [0, 0.05) is 25.6 Å². The molecule has 0 radical (unpaired) electrons. The van der Waals surface area contributed by atoms with Crippen molar-refractivity contribution in [3.05, 3.63) is 0 Å². The summed E-state index contributed by atoms with van der Waals surface area (Å²) in [5, 5.41) is 9.73. The van der Waals surface area contributed by atoms with Crippen LogP contribution < -0.4 is 5.73 Å². The van der Waals surface area contributed by atoms with Crippen LogP contribution in [0.4, 0.5) is 0 Å². The monoisotopic (exact) mass is 214 g/mol. The molecule has 1 saturated heterocycles. The highest BCUT2D eigenvalue weighted by Gasteiger charge is 2.33. The molecule has 4 heteroatoms. The highest BCUT2D eigenvalue weighted by atomic mass is 16.3. The lowest BCUT2D eigenvalue weighted by atomic mass is 10.1. The average molecular weight is 214 g/mol. The van der Waals surface area contributed by atoms with E-state index < -0.39 is 5.60 Å². The lowest BCUT2D eigenvalue weighted by Crippen LogP contribution is -2.37. The summed E-state index contributed by atoms with van der Waals surface area (Å²) in [6.07, 6.45) is 2.97. The normalized spacial score (nSPS) is 28.1. The number of hydrogen-bond acceptors (Lipinski definition) is 3. The second-order valence-electron chi connectivity index (χ2n) is 4.82. The smallest absolute Gasteiger partial charge is 0.224 e. The van der Waals surface area contributed by atoms with E-state index in [0.29, 0.717) is 25.9 Å². The molecule has 2 atom stereocenters. The SMILES string of the molecule is CCCC(N)CC(=O)N1CCC(C)(O)C1. The Morgan fingerprint density at radius 3 is 2.80 bits per heavy atom. The summed E-state index contributed by atoms with van der Waals surface area (Å²) in [6.45, 7) is 4.94. The number of nitrogens with zero attached hydrogens (tertiary/aromatic N) is 1. The molecule has 2 unspecified atom stereocenters. The van der Waals surface area contributed by atoms with Crippen molar-refractivity contribution in [1.82, 2.24) is 4.90 Å². The first-order chi connectivity index (χ1) is 6.94. The highest BCUT2D eigenvalue weighted by Crippen LogP contribution is 2.21. The first kappa shape index (κ1) is 12.5. The number of hydrogen-bond donors (Lipinski definition) is 2. The van der Waals surface area contributed by atoms with Gasteiger partial charge in [-0.3, -0.25) is 4.79 Å². The number of carbonyl (C=O) groups excluding carboxylic acids is 1. The first-order valence-electron chi connectivity index (χ1n) is 5.70. The molecule has 4 nitrogen and oxygen atoms in total. The second-order valence-corrected chi connectivity index (χ2v) is 4.82. The molecule has 1 amide bonds. The molecule has 88 valence electrons. The molecule has 15 heavy (non-hydrogen) atoms. The summed E-state index contributed by atoms with van der Waals surface area (Å²) in [5.41, 5.74) is 5.11. The summed E-state index contributed by atoms with van der Waals surface area (Å²) >= 11 is 0. The van der Waals surface area contributed by atoms with E-state index in [1.165, 1.54) is 0 Å². The third-order valence-corrected chi connectivity index (χ3v) is 2.90. The van der Waals surface area contributed by atoms with E-state index in [4.69, 9.17) is 5.73 Å². The molecule has 0 saturated carbocycles. The molecule has 0 bridgehead atoms. The average Bonchev–Trinajstić information content (AvgIpc) is 2.46. The maximum atomic E-state index is 11.8. The molecular formula is C11H22N2O2. The van der Waals surface area contributed by atoms with Crippen molar-refractivity contribution in [1.29, 1.82) is 0 Å². The van der Waals surface area contributed by atoms with Crippen LogP contribution in [0.3, 0.4) is 0 Å². The Morgan fingerprint density at radius 1 is 1.67 bits per heavy atom. The van der Waals surface area contributed by atoms with Gasteiger partial charge in [-0.1, -0.05) is 13.3 Å². The van der Waals surface area contributed by atoms with Crippen molar-refractivity contribution < 1.29 is 9.90 Å². The Kier molecular flexibility index (Phi) is 4.11. The maximum absolute atomic E-state index is 11.8. The Labute approximate surface area is 91.4 Å². The molecule has 3 N–H and O–H groups in total. The molecule has 1 fully saturated rings. The molecule has 1 aliphatic heterocycles. The van der Waals surface area contributed by atoms with Crippen molar-refractivity contribution in [3.8, 4) is 0 Å². The van der Waals surface area contributed by atoms with Gasteiger partial charge < -0.3 is 15.7 Å². The van der Waals surface area contributed by atoms with Gasteiger partial charge in [0.15, 0.2) is 0 Å². The summed E-state index contributed by atoms with van der Waals surface area (Å²) in [6, 6.07) is -0.0342. The van der Waals surface area contributed by atoms with Crippen LogP contribution in [0, 0.1) is 0 Å². The molecule has 1 rings (SSSR count). The first-order valence-corrected chi connectivity index (χ1v) is 5.70. The van der Waals surface area contributed by atoms with Crippen molar-refractivity contribution in [2.45, 2.75) is 51.2 Å². The number of likely N-dealkylation sites (tertiary alicyclic amines) is 1. The largest absolute Gasteiger partial charge is 0.388 e. The van der Waals surface area contributed by atoms with E-state index >= 15 is 0 Å². The van der Waals surface area contributed by atoms with Gasteiger partial charge in [0.2, 0.25) is 5.91 Å². The summed E-state index contributed by atoms with van der Waals surface area (Å²) in [4.78, 5) is 13.5. The van der Waals surface area contributed by atoms with E-state index in [0.717, 1.165) is 12.8 Å². The van der Waals surface area contributed by atoms with Crippen molar-refractivity contribution >= 4 is 5.91 Å². The fourth-order valence-corrected chi connectivity index (χ4v) is 1.98. The molecule has 1 heterocycles. The minimum Gasteiger partial charge on any atom is -0.388 e. The topological polar surface area (TPSA) is 66.6 Å². The van der Waals surface area contributed by atoms with Crippen LogP contribution in [-0.2, 0) is 4.79 Å². The van der Waals surface area contributed by atoms with Gasteiger partial charge in [-0.05, 0) is 19.8 Å². The number of rotatable bonds is 4. The van der Waals surface area contributed by atoms with E-state index in [1.807, 2.05) is 0 Å². The predicted octanol–water partition coefficient (Wildman–Crippen LogP) is 0.487. The standard InChI is InChI=1S/C11H22N2O2/c1-3-4-9(12)7-10(14)13-6-5-11(2,15)8-13/h9,15H,3-8,12H2,1-2H3. The highest BCUT2D eigenvalue weighted by molar-refractivity contribution is 5.77. The lowest BCUT2D eigenvalue weighted by Gasteiger charge is -2.20. The molecule has 0 spiro atoms. The Morgan fingerprint density at radius 2 is 2.33 bits per heavy atom. The van der Waals surface area contributed by atoms with E-state index in [-0.39, 0.29) is 11.9 Å². The molecule has 1 aliphatic rings. The minimum atomic E-state index is -0.704.